The van der Waals surface area contributed by atoms with E-state index >= 15 is 0 Å². The van der Waals surface area contributed by atoms with Gasteiger partial charge in [-0.25, -0.2) is 4.39 Å². The van der Waals surface area contributed by atoms with Crippen molar-refractivity contribution < 1.29 is 18.7 Å². The minimum Gasteiger partial charge on any atom is -0.454 e. The minimum atomic E-state index is -0.531. The molecule has 2 aromatic carbocycles. The number of carbonyl (C=O) groups excluding carboxylic acids is 1. The highest BCUT2D eigenvalue weighted by Crippen LogP contribution is 2.34. The Kier molecular flexibility index (Phi) is 4.25. The zero-order chi connectivity index (χ0) is 16.4. The van der Waals surface area contributed by atoms with Gasteiger partial charge >= 0.3 is 0 Å². The molecule has 3 rings (SSSR count). The zero-order valence-corrected chi connectivity index (χ0v) is 13.0. The number of halogens is 2. The molecule has 0 aliphatic carbocycles. The number of ether oxygens (including phenoxy) is 2. The second kappa shape index (κ2) is 6.34. The Bertz CT molecular complexity index is 754. The summed E-state index contributed by atoms with van der Waals surface area (Å²) in [7, 11) is 0. The van der Waals surface area contributed by atoms with Gasteiger partial charge in [0.25, 0.3) is 0 Å². The molecule has 120 valence electrons. The largest absolute Gasteiger partial charge is 0.454 e. The fourth-order valence-corrected chi connectivity index (χ4v) is 2.35. The normalized spacial score (nSPS) is 13.5. The molecule has 1 heterocycles. The number of fused-ring (bicyclic) bond motifs is 1. The van der Waals surface area contributed by atoms with Crippen LogP contribution in [0.25, 0.3) is 0 Å². The summed E-state index contributed by atoms with van der Waals surface area (Å²) in [5.41, 5.74) is 1.08. The van der Waals surface area contributed by atoms with E-state index < -0.39 is 11.9 Å². The van der Waals surface area contributed by atoms with Gasteiger partial charge in [0.2, 0.25) is 12.7 Å². The van der Waals surface area contributed by atoms with Gasteiger partial charge in [0.05, 0.1) is 10.7 Å². The minimum absolute atomic E-state index is 0.147. The predicted octanol–water partition coefficient (Wildman–Crippen LogP) is 3.65. The van der Waals surface area contributed by atoms with E-state index in [-0.39, 0.29) is 17.7 Å². The molecule has 1 aliphatic heterocycles. The SMILES string of the molecule is C[C@@H](Nc1ccc2c(c1)OCO2)C(=O)Nc1ccc(F)cc1Cl. The quantitative estimate of drug-likeness (QED) is 0.894. The zero-order valence-electron chi connectivity index (χ0n) is 12.2. The summed E-state index contributed by atoms with van der Waals surface area (Å²) in [6.07, 6.45) is 0. The highest BCUT2D eigenvalue weighted by atomic mass is 35.5. The molecule has 0 fully saturated rings. The molecule has 23 heavy (non-hydrogen) atoms. The molecule has 2 aromatic rings. The summed E-state index contributed by atoms with van der Waals surface area (Å²) in [5.74, 6) is 0.547. The summed E-state index contributed by atoms with van der Waals surface area (Å²) in [4.78, 5) is 12.2. The van der Waals surface area contributed by atoms with Crippen LogP contribution in [-0.4, -0.2) is 18.7 Å². The van der Waals surface area contributed by atoms with E-state index in [9.17, 15) is 9.18 Å². The van der Waals surface area contributed by atoms with Gasteiger partial charge in [-0.1, -0.05) is 11.6 Å². The standard InChI is InChI=1S/C16H14ClFN2O3/c1-9(16(21)20-13-4-2-10(18)6-12(13)17)19-11-3-5-14-15(7-11)23-8-22-14/h2-7,9,19H,8H2,1H3,(H,20,21)/t9-/m1/s1. The van der Waals surface area contributed by atoms with Crippen molar-refractivity contribution in [2.24, 2.45) is 0 Å². The second-order valence-corrected chi connectivity index (χ2v) is 5.45. The van der Waals surface area contributed by atoms with Crippen LogP contribution in [-0.2, 0) is 4.79 Å². The highest BCUT2D eigenvalue weighted by Gasteiger charge is 2.17. The molecule has 0 unspecified atom stereocenters. The van der Waals surface area contributed by atoms with Crippen LogP contribution in [0.2, 0.25) is 5.02 Å². The monoisotopic (exact) mass is 336 g/mol. The van der Waals surface area contributed by atoms with Gasteiger partial charge in [0, 0.05) is 11.8 Å². The summed E-state index contributed by atoms with van der Waals surface area (Å²) in [6, 6.07) is 8.59. The van der Waals surface area contributed by atoms with Gasteiger partial charge in [-0.05, 0) is 37.3 Å². The Morgan fingerprint density at radius 1 is 1.22 bits per heavy atom. The summed E-state index contributed by atoms with van der Waals surface area (Å²) < 4.78 is 23.5. The van der Waals surface area contributed by atoms with Crippen LogP contribution in [0.15, 0.2) is 36.4 Å². The maximum Gasteiger partial charge on any atom is 0.246 e. The third-order valence-corrected chi connectivity index (χ3v) is 3.65. The molecule has 1 atom stereocenters. The molecule has 1 aliphatic rings. The summed E-state index contributed by atoms with van der Waals surface area (Å²) in [6.45, 7) is 1.90. The molecule has 0 saturated heterocycles. The molecule has 1 amide bonds. The number of carbonyl (C=O) groups is 1. The number of benzene rings is 2. The molecule has 0 spiro atoms. The van der Waals surface area contributed by atoms with Crippen LogP contribution in [0.4, 0.5) is 15.8 Å². The first-order valence-electron chi connectivity index (χ1n) is 6.95. The number of rotatable bonds is 4. The predicted molar refractivity (Wildman–Crippen MR) is 85.7 cm³/mol. The van der Waals surface area contributed by atoms with Crippen molar-refractivity contribution >= 4 is 28.9 Å². The fraction of sp³-hybridized carbons (Fsp3) is 0.188. The van der Waals surface area contributed by atoms with Gasteiger partial charge in [-0.2, -0.15) is 0 Å². The van der Waals surface area contributed by atoms with Crippen molar-refractivity contribution in [3.05, 3.63) is 47.2 Å². The first kappa shape index (κ1) is 15.4. The molecular weight excluding hydrogens is 323 g/mol. The Labute approximate surface area is 137 Å². The lowest BCUT2D eigenvalue weighted by Gasteiger charge is -2.16. The third kappa shape index (κ3) is 3.48. The highest BCUT2D eigenvalue weighted by molar-refractivity contribution is 6.33. The van der Waals surface area contributed by atoms with E-state index in [4.69, 9.17) is 21.1 Å². The summed E-state index contributed by atoms with van der Waals surface area (Å²) >= 11 is 5.90. The van der Waals surface area contributed by atoms with E-state index in [1.54, 1.807) is 25.1 Å². The molecular formula is C16H14ClFN2O3. The van der Waals surface area contributed by atoms with Gasteiger partial charge in [-0.15, -0.1) is 0 Å². The maximum atomic E-state index is 13.0. The lowest BCUT2D eigenvalue weighted by Crippen LogP contribution is -2.31. The van der Waals surface area contributed by atoms with Crippen molar-refractivity contribution in [2.45, 2.75) is 13.0 Å². The van der Waals surface area contributed by atoms with E-state index in [2.05, 4.69) is 10.6 Å². The smallest absolute Gasteiger partial charge is 0.246 e. The van der Waals surface area contributed by atoms with Crippen LogP contribution in [0.1, 0.15) is 6.92 Å². The van der Waals surface area contributed by atoms with Crippen LogP contribution >= 0.6 is 11.6 Å². The Balaban J connectivity index is 1.65. The number of hydrogen-bond donors (Lipinski definition) is 2. The molecule has 0 aromatic heterocycles. The van der Waals surface area contributed by atoms with E-state index in [0.29, 0.717) is 17.2 Å². The number of amides is 1. The van der Waals surface area contributed by atoms with Gasteiger partial charge < -0.3 is 20.1 Å². The molecule has 0 bridgehead atoms. The van der Waals surface area contributed by atoms with Crippen LogP contribution < -0.4 is 20.1 Å². The maximum absolute atomic E-state index is 13.0. The van der Waals surface area contributed by atoms with Gasteiger partial charge in [0.15, 0.2) is 11.5 Å². The lowest BCUT2D eigenvalue weighted by atomic mass is 10.2. The Hall–Kier alpha value is -2.47. The van der Waals surface area contributed by atoms with Crippen molar-refractivity contribution in [1.29, 1.82) is 0 Å². The molecule has 0 radical (unpaired) electrons. The Morgan fingerprint density at radius 2 is 2.00 bits per heavy atom. The van der Waals surface area contributed by atoms with Crippen LogP contribution in [0.5, 0.6) is 11.5 Å². The first-order chi connectivity index (χ1) is 11.0. The van der Waals surface area contributed by atoms with Crippen molar-refractivity contribution in [3.63, 3.8) is 0 Å². The van der Waals surface area contributed by atoms with E-state index in [1.165, 1.54) is 12.1 Å². The molecule has 5 nitrogen and oxygen atoms in total. The third-order valence-electron chi connectivity index (χ3n) is 3.34. The molecule has 2 N–H and O–H groups in total. The average molecular weight is 337 g/mol. The van der Waals surface area contributed by atoms with E-state index in [0.717, 1.165) is 11.8 Å². The second-order valence-electron chi connectivity index (χ2n) is 5.05. The van der Waals surface area contributed by atoms with Gasteiger partial charge in [0.1, 0.15) is 11.9 Å². The lowest BCUT2D eigenvalue weighted by molar-refractivity contribution is -0.116. The average Bonchev–Trinajstić information content (AvgIpc) is 2.97. The van der Waals surface area contributed by atoms with Crippen LogP contribution in [0, 0.1) is 5.82 Å². The topological polar surface area (TPSA) is 59.6 Å². The van der Waals surface area contributed by atoms with Crippen molar-refractivity contribution in [3.8, 4) is 11.5 Å². The number of nitrogens with one attached hydrogen (secondary N) is 2. The van der Waals surface area contributed by atoms with E-state index in [1.807, 2.05) is 0 Å². The van der Waals surface area contributed by atoms with Crippen molar-refractivity contribution in [1.82, 2.24) is 0 Å². The number of hydrogen-bond acceptors (Lipinski definition) is 4. The fourth-order valence-electron chi connectivity index (χ4n) is 2.13. The Morgan fingerprint density at radius 3 is 2.78 bits per heavy atom. The summed E-state index contributed by atoms with van der Waals surface area (Å²) in [5, 5.41) is 5.86. The van der Waals surface area contributed by atoms with Crippen molar-refractivity contribution in [2.75, 3.05) is 17.4 Å². The van der Waals surface area contributed by atoms with Gasteiger partial charge in [-0.3, -0.25) is 4.79 Å². The first-order valence-corrected chi connectivity index (χ1v) is 7.33. The molecule has 7 heteroatoms. The van der Waals surface area contributed by atoms with Crippen LogP contribution in [0.3, 0.4) is 0 Å². The number of anilines is 2. The molecule has 0 saturated carbocycles.